The number of nitrogens with zero attached hydrogens (tertiary/aromatic N) is 1. The molecule has 5 rings (SSSR count). The van der Waals surface area contributed by atoms with Gasteiger partial charge in [-0.1, -0.05) is 49.2 Å². The number of anilines is 1. The largest absolute Gasteiger partial charge is 0.490 e. The van der Waals surface area contributed by atoms with E-state index in [4.69, 9.17) is 21.1 Å². The fraction of sp³-hybridized carbons (Fsp3) is 0.618. The normalized spacial score (nSPS) is 35.7. The van der Waals surface area contributed by atoms with E-state index in [2.05, 4.69) is 28.7 Å². The van der Waals surface area contributed by atoms with Crippen LogP contribution in [0.1, 0.15) is 69.7 Å². The van der Waals surface area contributed by atoms with Gasteiger partial charge < -0.3 is 19.5 Å². The zero-order valence-electron chi connectivity index (χ0n) is 26.2. The molecule has 0 radical (unpaired) electrons. The Kier molecular flexibility index (Phi) is 10.2. The predicted octanol–water partition coefficient (Wildman–Crippen LogP) is 5.82. The number of hydrogen-bond acceptors (Lipinski definition) is 7. The van der Waals surface area contributed by atoms with Crippen LogP contribution < -0.4 is 14.4 Å². The molecule has 2 N–H and O–H groups in total. The summed E-state index contributed by atoms with van der Waals surface area (Å²) in [6, 6.07) is 5.19. The summed E-state index contributed by atoms with van der Waals surface area (Å²) in [5, 5.41) is 10.3. The Morgan fingerprint density at radius 1 is 1.23 bits per heavy atom. The van der Waals surface area contributed by atoms with Gasteiger partial charge in [-0.15, -0.1) is 0 Å². The van der Waals surface area contributed by atoms with E-state index >= 15 is 0 Å². The third kappa shape index (κ3) is 7.06. The number of rotatable bonds is 2. The Morgan fingerprint density at radius 3 is 2.73 bits per heavy atom. The fourth-order valence-electron chi connectivity index (χ4n) is 7.23. The number of allylic oxidation sites excluding steroid dienone is 4. The summed E-state index contributed by atoms with van der Waals surface area (Å²) in [5.74, 6) is 0.316. The lowest BCUT2D eigenvalue weighted by atomic mass is 9.70. The monoisotopic (exact) mass is 646 g/mol. The van der Waals surface area contributed by atoms with E-state index in [9.17, 15) is 18.3 Å². The van der Waals surface area contributed by atoms with E-state index in [-0.39, 0.29) is 23.0 Å². The fourth-order valence-corrected chi connectivity index (χ4v) is 8.81. The molecule has 44 heavy (non-hydrogen) atoms. The van der Waals surface area contributed by atoms with E-state index in [1.807, 2.05) is 18.2 Å². The van der Waals surface area contributed by atoms with Crippen LogP contribution in [0.15, 0.2) is 53.6 Å². The average Bonchev–Trinajstić information content (AvgIpc) is 2.99. The third-order valence-electron chi connectivity index (χ3n) is 10.4. The van der Waals surface area contributed by atoms with Gasteiger partial charge in [-0.25, -0.2) is 13.1 Å². The van der Waals surface area contributed by atoms with Crippen molar-refractivity contribution in [1.82, 2.24) is 4.72 Å². The van der Waals surface area contributed by atoms with Gasteiger partial charge in [-0.05, 0) is 88.0 Å². The van der Waals surface area contributed by atoms with Crippen LogP contribution in [0.5, 0.6) is 5.75 Å². The SMILES string of the molecule is CO[C@H]1/C=C/C[C@H]([C@@H](C)O)[C@@H](C)S(=O)(=O)NC(=O)c2ccc3c(c2)N(CCCCC2C=C(Cl)C=CC2(C)CO3)C[C@@H]2CC[C@H]21. The van der Waals surface area contributed by atoms with Gasteiger partial charge in [-0.2, -0.15) is 0 Å². The van der Waals surface area contributed by atoms with Gasteiger partial charge in [0.15, 0.2) is 0 Å². The molecule has 2 heterocycles. The maximum Gasteiger partial charge on any atom is 0.264 e. The van der Waals surface area contributed by atoms with E-state index in [1.165, 1.54) is 0 Å². The molecule has 1 amide bonds. The maximum atomic E-state index is 13.5. The summed E-state index contributed by atoms with van der Waals surface area (Å²) in [5.41, 5.74) is 0.804. The minimum absolute atomic E-state index is 0.111. The first kappa shape index (κ1) is 33.0. The number of hydrogen-bond donors (Lipinski definition) is 2. The van der Waals surface area contributed by atoms with Gasteiger partial charge >= 0.3 is 0 Å². The molecule has 1 saturated carbocycles. The van der Waals surface area contributed by atoms with E-state index in [1.54, 1.807) is 39.2 Å². The number of sulfonamides is 1. The Bertz CT molecular complexity index is 1410. The summed E-state index contributed by atoms with van der Waals surface area (Å²) >= 11 is 6.41. The highest BCUT2D eigenvalue weighted by atomic mass is 35.5. The first-order valence-corrected chi connectivity index (χ1v) is 17.9. The molecular weight excluding hydrogens is 600 g/mol. The number of carbonyl (C=O) groups excluding carboxylic acids is 1. The van der Waals surface area contributed by atoms with Crippen molar-refractivity contribution >= 4 is 33.2 Å². The molecule has 0 aromatic heterocycles. The standard InChI is InChI=1S/C34H47ClN2O6S/c1-22(38)28-9-7-10-31(42-4)29-13-11-25(29)20-37-17-6-5-8-26-19-27(35)15-16-34(26,3)21-43-32-14-12-24(18-30(32)37)33(39)36-44(40,41)23(28)2/h7,10,12,14-16,18-19,22-23,25-26,28-29,31,38H,5-6,8-9,11,13,17,20-21H2,1-4H3,(H,36,39)/b10-7+/t22-,23-,25+,26?,28-,29-,31+,34?/m1/s1. The quantitative estimate of drug-likeness (QED) is 0.390. The van der Waals surface area contributed by atoms with Crippen LogP contribution in [0.4, 0.5) is 5.69 Å². The molecule has 242 valence electrons. The highest BCUT2D eigenvalue weighted by molar-refractivity contribution is 7.90. The minimum atomic E-state index is -4.09. The van der Waals surface area contributed by atoms with Crippen LogP contribution in [0.25, 0.3) is 0 Å². The van der Waals surface area contributed by atoms with E-state index in [0.29, 0.717) is 30.6 Å². The number of halogens is 1. The second-order valence-corrected chi connectivity index (χ2v) is 15.8. The molecule has 1 fully saturated rings. The first-order valence-electron chi connectivity index (χ1n) is 15.9. The number of aliphatic hydroxyl groups excluding tert-OH is 1. The molecule has 2 unspecified atom stereocenters. The van der Waals surface area contributed by atoms with Gasteiger partial charge in [0.25, 0.3) is 5.91 Å². The Morgan fingerprint density at radius 2 is 2.02 bits per heavy atom. The highest BCUT2D eigenvalue weighted by Gasteiger charge is 2.39. The lowest BCUT2D eigenvalue weighted by Gasteiger charge is -2.43. The van der Waals surface area contributed by atoms with Crippen molar-refractivity contribution in [2.75, 3.05) is 31.7 Å². The molecule has 0 spiro atoms. The van der Waals surface area contributed by atoms with Gasteiger partial charge in [0.2, 0.25) is 10.0 Å². The zero-order valence-corrected chi connectivity index (χ0v) is 27.8. The zero-order chi connectivity index (χ0) is 31.6. The van der Waals surface area contributed by atoms with E-state index < -0.39 is 33.2 Å². The van der Waals surface area contributed by atoms with Crippen molar-refractivity contribution in [3.63, 3.8) is 0 Å². The Labute approximate surface area is 267 Å². The van der Waals surface area contributed by atoms with Crippen molar-refractivity contribution in [2.45, 2.75) is 76.8 Å². The molecular formula is C34H47ClN2O6S. The molecule has 2 bridgehead atoms. The van der Waals surface area contributed by atoms with Crippen LogP contribution in [-0.2, 0) is 14.8 Å². The number of carbonyl (C=O) groups is 1. The first-order chi connectivity index (χ1) is 20.9. The third-order valence-corrected chi connectivity index (χ3v) is 12.5. The minimum Gasteiger partial charge on any atom is -0.490 e. The second-order valence-electron chi connectivity index (χ2n) is 13.4. The maximum absolute atomic E-state index is 13.5. The van der Waals surface area contributed by atoms with Gasteiger partial charge in [-0.3, -0.25) is 4.79 Å². The summed E-state index contributed by atoms with van der Waals surface area (Å²) in [4.78, 5) is 15.8. The van der Waals surface area contributed by atoms with Gasteiger partial charge in [0, 0.05) is 42.1 Å². The van der Waals surface area contributed by atoms with Crippen LogP contribution in [0, 0.1) is 29.1 Å². The molecule has 0 saturated heterocycles. The topological polar surface area (TPSA) is 105 Å². The van der Waals surface area contributed by atoms with Crippen molar-refractivity contribution in [1.29, 1.82) is 0 Å². The van der Waals surface area contributed by atoms with Crippen LogP contribution >= 0.6 is 11.6 Å². The number of amides is 1. The highest BCUT2D eigenvalue weighted by Crippen LogP contribution is 2.44. The molecule has 10 heteroatoms. The summed E-state index contributed by atoms with van der Waals surface area (Å²) < 4.78 is 41.6. The van der Waals surface area contributed by atoms with Crippen LogP contribution in [-0.4, -0.2) is 63.7 Å². The number of aliphatic hydroxyl groups is 1. The Hall–Kier alpha value is -2.33. The number of nitrogens with one attached hydrogen (secondary N) is 1. The van der Waals surface area contributed by atoms with E-state index in [0.717, 1.165) is 55.9 Å². The van der Waals surface area contributed by atoms with Gasteiger partial charge in [0.1, 0.15) is 5.75 Å². The molecule has 1 aromatic carbocycles. The average molecular weight is 647 g/mol. The van der Waals surface area contributed by atoms with Crippen molar-refractivity contribution in [3.8, 4) is 5.75 Å². The Balaban J connectivity index is 1.55. The second kappa shape index (κ2) is 13.6. The predicted molar refractivity (Wildman–Crippen MR) is 174 cm³/mol. The molecule has 4 aliphatic rings. The molecule has 2 aliphatic carbocycles. The lowest BCUT2D eigenvalue weighted by molar-refractivity contribution is 0.0133. The number of methoxy groups -OCH3 is 1. The van der Waals surface area contributed by atoms with Crippen molar-refractivity contribution < 1.29 is 27.8 Å². The van der Waals surface area contributed by atoms with Gasteiger partial charge in [0.05, 0.1) is 29.8 Å². The molecule has 8 nitrogen and oxygen atoms in total. The van der Waals surface area contributed by atoms with Crippen molar-refractivity contribution in [2.24, 2.45) is 29.1 Å². The summed E-state index contributed by atoms with van der Waals surface area (Å²) in [6.07, 6.45) is 14.6. The number of fused-ring (bicyclic) bond motifs is 3. The summed E-state index contributed by atoms with van der Waals surface area (Å²) in [7, 11) is -2.37. The molecule has 8 atom stereocenters. The van der Waals surface area contributed by atoms with Crippen LogP contribution in [0.2, 0.25) is 0 Å². The molecule has 1 aromatic rings. The smallest absolute Gasteiger partial charge is 0.264 e. The summed E-state index contributed by atoms with van der Waals surface area (Å²) in [6.45, 7) is 7.32. The number of ether oxygens (including phenoxy) is 2. The van der Waals surface area contributed by atoms with Crippen molar-refractivity contribution in [3.05, 3.63) is 59.2 Å². The van der Waals surface area contributed by atoms with Crippen LogP contribution in [0.3, 0.4) is 0 Å². The molecule has 2 aliphatic heterocycles. The lowest BCUT2D eigenvalue weighted by Crippen LogP contribution is -2.44. The number of benzene rings is 1.